The highest BCUT2D eigenvalue weighted by atomic mass is 16.5. The molecule has 1 fully saturated rings. The Labute approximate surface area is 211 Å². The molecule has 0 bridgehead atoms. The van der Waals surface area contributed by atoms with E-state index in [2.05, 4.69) is 22.4 Å². The molecule has 1 saturated heterocycles. The Kier molecular flexibility index (Phi) is 7.04. The first-order valence-electron chi connectivity index (χ1n) is 12.5. The summed E-state index contributed by atoms with van der Waals surface area (Å²) in [5.41, 5.74) is 3.42. The minimum Gasteiger partial charge on any atom is -0.497 e. The van der Waals surface area contributed by atoms with E-state index in [4.69, 9.17) is 9.47 Å². The van der Waals surface area contributed by atoms with Gasteiger partial charge in [0.2, 0.25) is 5.91 Å². The van der Waals surface area contributed by atoms with Crippen molar-refractivity contribution in [3.05, 3.63) is 83.4 Å². The maximum absolute atomic E-state index is 13.3. The molecule has 1 aromatic heterocycles. The molecule has 2 unspecified atom stereocenters. The van der Waals surface area contributed by atoms with Crippen LogP contribution in [0.2, 0.25) is 0 Å². The van der Waals surface area contributed by atoms with Crippen molar-refractivity contribution in [1.29, 1.82) is 0 Å². The molecule has 2 atom stereocenters. The van der Waals surface area contributed by atoms with Gasteiger partial charge in [-0.15, -0.1) is 0 Å². The van der Waals surface area contributed by atoms with Crippen LogP contribution in [0.25, 0.3) is 0 Å². The molecule has 5 rings (SSSR count). The fraction of sp³-hybridized carbons (Fsp3) is 0.393. The first kappa shape index (κ1) is 24.1. The number of ether oxygens (including phenoxy) is 2. The van der Waals surface area contributed by atoms with Crippen LogP contribution in [0.4, 0.5) is 0 Å². The molecular weight excluding hydrogens is 456 g/mol. The number of nitrogens with one attached hydrogen (secondary N) is 1. The highest BCUT2D eigenvalue weighted by molar-refractivity contribution is 5.93. The first-order valence-corrected chi connectivity index (χ1v) is 12.5. The Morgan fingerprint density at radius 2 is 1.81 bits per heavy atom. The van der Waals surface area contributed by atoms with Crippen LogP contribution in [-0.4, -0.2) is 46.5 Å². The van der Waals surface area contributed by atoms with Crippen molar-refractivity contribution >= 4 is 11.8 Å². The zero-order valence-corrected chi connectivity index (χ0v) is 20.7. The number of likely N-dealkylation sites (tertiary alicyclic amines) is 1. The summed E-state index contributed by atoms with van der Waals surface area (Å²) in [5, 5.41) is 3.12. The van der Waals surface area contributed by atoms with Gasteiger partial charge >= 0.3 is 0 Å². The lowest BCUT2D eigenvalue weighted by Gasteiger charge is -2.32. The van der Waals surface area contributed by atoms with Gasteiger partial charge in [-0.3, -0.25) is 9.59 Å². The lowest BCUT2D eigenvalue weighted by atomic mass is 9.95. The predicted molar refractivity (Wildman–Crippen MR) is 134 cm³/mol. The van der Waals surface area contributed by atoms with Crippen molar-refractivity contribution < 1.29 is 19.1 Å². The Morgan fingerprint density at radius 3 is 2.50 bits per heavy atom. The second-order valence-electron chi connectivity index (χ2n) is 9.47. The summed E-state index contributed by atoms with van der Waals surface area (Å²) in [6, 6.07) is 17.7. The van der Waals surface area contributed by atoms with Crippen molar-refractivity contribution in [2.75, 3.05) is 20.2 Å². The Morgan fingerprint density at radius 1 is 1.08 bits per heavy atom. The van der Waals surface area contributed by atoms with Crippen LogP contribution in [0.3, 0.4) is 0 Å². The molecule has 2 aliphatic heterocycles. The van der Waals surface area contributed by atoms with Gasteiger partial charge in [0.05, 0.1) is 38.3 Å². The van der Waals surface area contributed by atoms with Crippen LogP contribution >= 0.6 is 0 Å². The van der Waals surface area contributed by atoms with Crippen LogP contribution in [0, 0.1) is 5.92 Å². The van der Waals surface area contributed by atoms with Crippen LogP contribution in [0.15, 0.2) is 60.9 Å². The third-order valence-electron chi connectivity index (χ3n) is 7.23. The van der Waals surface area contributed by atoms with Gasteiger partial charge in [-0.1, -0.05) is 42.5 Å². The van der Waals surface area contributed by atoms with Crippen molar-refractivity contribution in [1.82, 2.24) is 19.8 Å². The summed E-state index contributed by atoms with van der Waals surface area (Å²) in [4.78, 5) is 32.4. The zero-order valence-electron chi connectivity index (χ0n) is 20.7. The summed E-state index contributed by atoms with van der Waals surface area (Å²) in [6.45, 7) is 4.03. The normalized spacial score (nSPS) is 18.8. The molecule has 3 aromatic rings. The summed E-state index contributed by atoms with van der Waals surface area (Å²) in [5.74, 6) is 0.623. The van der Waals surface area contributed by atoms with E-state index in [0.717, 1.165) is 22.6 Å². The fourth-order valence-electron chi connectivity index (χ4n) is 4.98. The number of imidazole rings is 1. The quantitative estimate of drug-likeness (QED) is 0.569. The second kappa shape index (κ2) is 10.5. The van der Waals surface area contributed by atoms with Crippen LogP contribution < -0.4 is 10.1 Å². The summed E-state index contributed by atoms with van der Waals surface area (Å²) in [6.07, 6.45) is 2.96. The van der Waals surface area contributed by atoms with Gasteiger partial charge in [0.15, 0.2) is 5.69 Å². The molecule has 2 aromatic carbocycles. The highest BCUT2D eigenvalue weighted by Gasteiger charge is 2.32. The minimum atomic E-state index is -0.111. The van der Waals surface area contributed by atoms with Crippen LogP contribution in [0.5, 0.6) is 5.75 Å². The number of nitrogens with zero attached hydrogens (tertiary/aromatic N) is 3. The third-order valence-corrected chi connectivity index (χ3v) is 7.23. The largest absolute Gasteiger partial charge is 0.497 e. The van der Waals surface area contributed by atoms with Gasteiger partial charge < -0.3 is 24.3 Å². The molecule has 0 aliphatic carbocycles. The fourth-order valence-corrected chi connectivity index (χ4v) is 4.98. The number of benzene rings is 2. The average molecular weight is 489 g/mol. The molecule has 2 aliphatic rings. The van der Waals surface area contributed by atoms with Gasteiger partial charge in [0.25, 0.3) is 5.91 Å². The summed E-state index contributed by atoms with van der Waals surface area (Å²) < 4.78 is 13.3. The number of carbonyl (C=O) groups excluding carboxylic acids is 2. The van der Waals surface area contributed by atoms with Crippen molar-refractivity contribution in [3.8, 4) is 5.75 Å². The molecule has 8 nitrogen and oxygen atoms in total. The number of aromatic nitrogens is 2. The maximum Gasteiger partial charge on any atom is 0.274 e. The van der Waals surface area contributed by atoms with E-state index in [-0.39, 0.29) is 29.9 Å². The minimum absolute atomic E-state index is 0.0325. The summed E-state index contributed by atoms with van der Waals surface area (Å²) in [7, 11) is 1.63. The standard InChI is InChI=1S/C28H32N4O4/c1-19(20-8-10-23(35-2)11-9-20)30-27(33)22-12-14-31(15-13-22)28(34)26-24-17-36-25(16-32(24)18-29-26)21-6-4-3-5-7-21/h3-11,18-19,22,25H,12-17H2,1-2H3,(H,30,33). The van der Waals surface area contributed by atoms with Crippen LogP contribution in [0.1, 0.15) is 59.2 Å². The van der Waals surface area contributed by atoms with Gasteiger partial charge in [-0.2, -0.15) is 0 Å². The zero-order chi connectivity index (χ0) is 25.1. The van der Waals surface area contributed by atoms with Gasteiger partial charge in [-0.05, 0) is 43.0 Å². The molecule has 8 heteroatoms. The SMILES string of the molecule is COc1ccc(C(C)NC(=O)C2CCN(C(=O)c3ncn4c3COC(c3ccccc3)C4)CC2)cc1. The van der Waals surface area contributed by atoms with Crippen LogP contribution in [-0.2, 0) is 22.7 Å². The van der Waals surface area contributed by atoms with E-state index in [0.29, 0.717) is 44.8 Å². The number of fused-ring (bicyclic) bond motifs is 1. The van der Waals surface area contributed by atoms with Crippen molar-refractivity contribution in [2.45, 2.75) is 45.1 Å². The number of piperidine rings is 1. The van der Waals surface area contributed by atoms with E-state index < -0.39 is 0 Å². The van der Waals surface area contributed by atoms with E-state index in [1.54, 1.807) is 13.4 Å². The Hall–Kier alpha value is -3.65. The van der Waals surface area contributed by atoms with E-state index in [9.17, 15) is 9.59 Å². The highest BCUT2D eigenvalue weighted by Crippen LogP contribution is 2.29. The van der Waals surface area contributed by atoms with Crippen molar-refractivity contribution in [3.63, 3.8) is 0 Å². The Balaban J connectivity index is 1.15. The van der Waals surface area contributed by atoms with E-state index >= 15 is 0 Å². The topological polar surface area (TPSA) is 85.7 Å². The van der Waals surface area contributed by atoms with Gasteiger partial charge in [-0.25, -0.2) is 4.98 Å². The van der Waals surface area contributed by atoms with E-state index in [1.807, 2.05) is 58.9 Å². The summed E-state index contributed by atoms with van der Waals surface area (Å²) >= 11 is 0. The number of rotatable bonds is 6. The molecular formula is C28H32N4O4. The molecule has 36 heavy (non-hydrogen) atoms. The number of amides is 2. The molecule has 0 spiro atoms. The van der Waals surface area contributed by atoms with Gasteiger partial charge in [0, 0.05) is 19.0 Å². The number of hydrogen-bond donors (Lipinski definition) is 1. The number of carbonyl (C=O) groups is 2. The molecule has 2 amide bonds. The molecule has 3 heterocycles. The number of hydrogen-bond acceptors (Lipinski definition) is 5. The average Bonchev–Trinajstić information content (AvgIpc) is 3.36. The monoisotopic (exact) mass is 488 g/mol. The molecule has 0 saturated carbocycles. The lowest BCUT2D eigenvalue weighted by Crippen LogP contribution is -2.43. The van der Waals surface area contributed by atoms with E-state index in [1.165, 1.54) is 0 Å². The Bertz CT molecular complexity index is 1200. The third kappa shape index (κ3) is 4.99. The predicted octanol–water partition coefficient (Wildman–Crippen LogP) is 3.89. The number of methoxy groups -OCH3 is 1. The molecule has 188 valence electrons. The lowest BCUT2D eigenvalue weighted by molar-refractivity contribution is -0.127. The smallest absolute Gasteiger partial charge is 0.274 e. The van der Waals surface area contributed by atoms with Gasteiger partial charge in [0.1, 0.15) is 11.9 Å². The molecule has 0 radical (unpaired) electrons. The van der Waals surface area contributed by atoms with Crippen molar-refractivity contribution in [2.24, 2.45) is 5.92 Å². The second-order valence-corrected chi connectivity index (χ2v) is 9.47. The maximum atomic E-state index is 13.3. The molecule has 1 N–H and O–H groups in total. The first-order chi connectivity index (χ1) is 17.5.